The SMILES string of the molecule is CCCN1CC(CC)=CN(Cc2cc(F)cc(F)c2)C1=O. The maximum absolute atomic E-state index is 13.3. The predicted molar refractivity (Wildman–Crippen MR) is 77.5 cm³/mol. The minimum atomic E-state index is -0.625. The van der Waals surface area contributed by atoms with Crippen molar-refractivity contribution in [3.63, 3.8) is 0 Å². The lowest BCUT2D eigenvalue weighted by molar-refractivity contribution is 0.163. The molecule has 0 saturated carbocycles. The van der Waals surface area contributed by atoms with Gasteiger partial charge in [-0.3, -0.25) is 4.90 Å². The maximum atomic E-state index is 13.3. The van der Waals surface area contributed by atoms with E-state index in [2.05, 4.69) is 0 Å². The highest BCUT2D eigenvalue weighted by Crippen LogP contribution is 2.19. The van der Waals surface area contributed by atoms with Gasteiger partial charge in [-0.15, -0.1) is 0 Å². The molecule has 21 heavy (non-hydrogen) atoms. The van der Waals surface area contributed by atoms with E-state index in [-0.39, 0.29) is 12.6 Å². The lowest BCUT2D eigenvalue weighted by atomic mass is 10.1. The van der Waals surface area contributed by atoms with Gasteiger partial charge in [0.25, 0.3) is 0 Å². The highest BCUT2D eigenvalue weighted by atomic mass is 19.1. The monoisotopic (exact) mass is 294 g/mol. The molecule has 1 aliphatic heterocycles. The fourth-order valence-corrected chi connectivity index (χ4v) is 2.47. The summed E-state index contributed by atoms with van der Waals surface area (Å²) < 4.78 is 26.5. The number of nitrogens with zero attached hydrogens (tertiary/aromatic N) is 2. The minimum Gasteiger partial charge on any atom is -0.320 e. The second-order valence-electron chi connectivity index (χ2n) is 5.25. The van der Waals surface area contributed by atoms with Gasteiger partial charge in [-0.25, -0.2) is 13.6 Å². The van der Waals surface area contributed by atoms with Crippen molar-refractivity contribution in [1.29, 1.82) is 0 Å². The number of hydrogen-bond donors (Lipinski definition) is 0. The van der Waals surface area contributed by atoms with Gasteiger partial charge in [0.1, 0.15) is 11.6 Å². The summed E-state index contributed by atoms with van der Waals surface area (Å²) in [5.74, 6) is -1.25. The van der Waals surface area contributed by atoms with Crippen molar-refractivity contribution >= 4 is 6.03 Å². The summed E-state index contributed by atoms with van der Waals surface area (Å²) in [4.78, 5) is 15.7. The van der Waals surface area contributed by atoms with E-state index in [1.165, 1.54) is 17.0 Å². The number of urea groups is 1. The molecule has 0 N–H and O–H groups in total. The van der Waals surface area contributed by atoms with Crippen molar-refractivity contribution in [3.05, 3.63) is 47.2 Å². The van der Waals surface area contributed by atoms with Gasteiger partial charge in [0.2, 0.25) is 0 Å². The molecule has 5 heteroatoms. The van der Waals surface area contributed by atoms with E-state index >= 15 is 0 Å². The van der Waals surface area contributed by atoms with Crippen LogP contribution in [0.2, 0.25) is 0 Å². The quantitative estimate of drug-likeness (QED) is 0.807. The number of carbonyl (C=O) groups excluding carboxylic acids is 1. The summed E-state index contributed by atoms with van der Waals surface area (Å²) in [6, 6.07) is 3.24. The number of carbonyl (C=O) groups is 1. The third-order valence-corrected chi connectivity index (χ3v) is 3.47. The summed E-state index contributed by atoms with van der Waals surface area (Å²) in [6.45, 7) is 5.55. The summed E-state index contributed by atoms with van der Waals surface area (Å²) in [6.07, 6.45) is 3.53. The van der Waals surface area contributed by atoms with Crippen LogP contribution in [0.25, 0.3) is 0 Å². The fourth-order valence-electron chi connectivity index (χ4n) is 2.47. The Labute approximate surface area is 123 Å². The van der Waals surface area contributed by atoms with Crippen LogP contribution in [0.4, 0.5) is 13.6 Å². The summed E-state index contributed by atoms with van der Waals surface area (Å²) in [7, 11) is 0. The molecular formula is C16H20F2N2O. The Balaban J connectivity index is 2.21. The Bertz CT molecular complexity index is 537. The third kappa shape index (κ3) is 3.80. The summed E-state index contributed by atoms with van der Waals surface area (Å²) in [5.41, 5.74) is 1.59. The van der Waals surface area contributed by atoms with E-state index in [0.29, 0.717) is 18.7 Å². The largest absolute Gasteiger partial charge is 0.324 e. The van der Waals surface area contributed by atoms with E-state index in [1.54, 1.807) is 11.1 Å². The van der Waals surface area contributed by atoms with Gasteiger partial charge in [0.15, 0.2) is 0 Å². The van der Waals surface area contributed by atoms with Gasteiger partial charge in [-0.05, 0) is 36.1 Å². The number of rotatable bonds is 5. The van der Waals surface area contributed by atoms with Crippen molar-refractivity contribution in [3.8, 4) is 0 Å². The Morgan fingerprint density at radius 1 is 1.14 bits per heavy atom. The lowest BCUT2D eigenvalue weighted by Crippen LogP contribution is -2.45. The van der Waals surface area contributed by atoms with Gasteiger partial charge in [-0.1, -0.05) is 13.8 Å². The van der Waals surface area contributed by atoms with Crippen molar-refractivity contribution in [2.24, 2.45) is 0 Å². The van der Waals surface area contributed by atoms with E-state index in [1.807, 2.05) is 13.8 Å². The second-order valence-corrected chi connectivity index (χ2v) is 5.25. The van der Waals surface area contributed by atoms with Crippen LogP contribution in [0.5, 0.6) is 0 Å². The number of amides is 2. The number of benzene rings is 1. The average molecular weight is 294 g/mol. The molecule has 3 nitrogen and oxygen atoms in total. The number of hydrogen-bond acceptors (Lipinski definition) is 1. The molecule has 0 bridgehead atoms. The Morgan fingerprint density at radius 2 is 1.81 bits per heavy atom. The normalized spacial score (nSPS) is 15.4. The van der Waals surface area contributed by atoms with Crippen LogP contribution in [0.15, 0.2) is 30.0 Å². The Hall–Kier alpha value is -1.91. The molecule has 1 aliphatic rings. The Kier molecular flexibility index (Phi) is 4.94. The third-order valence-electron chi connectivity index (χ3n) is 3.47. The van der Waals surface area contributed by atoms with E-state index in [4.69, 9.17) is 0 Å². The van der Waals surface area contributed by atoms with Crippen LogP contribution < -0.4 is 0 Å². The molecule has 2 rings (SSSR count). The van der Waals surface area contributed by atoms with Crippen LogP contribution in [0.1, 0.15) is 32.3 Å². The molecule has 2 amide bonds. The van der Waals surface area contributed by atoms with Gasteiger partial charge in [-0.2, -0.15) is 0 Å². The number of halogens is 2. The van der Waals surface area contributed by atoms with E-state index in [0.717, 1.165) is 24.5 Å². The van der Waals surface area contributed by atoms with Crippen LogP contribution in [-0.2, 0) is 6.54 Å². The first-order chi connectivity index (χ1) is 10.0. The van der Waals surface area contributed by atoms with Gasteiger partial charge in [0.05, 0.1) is 6.54 Å². The maximum Gasteiger partial charge on any atom is 0.324 e. The topological polar surface area (TPSA) is 23.6 Å². The highest BCUT2D eigenvalue weighted by molar-refractivity contribution is 5.77. The Morgan fingerprint density at radius 3 is 2.38 bits per heavy atom. The molecule has 0 spiro atoms. The van der Waals surface area contributed by atoms with Gasteiger partial charge < -0.3 is 4.90 Å². The molecule has 0 unspecified atom stereocenters. The molecule has 0 aliphatic carbocycles. The second kappa shape index (κ2) is 6.70. The summed E-state index contributed by atoms with van der Waals surface area (Å²) >= 11 is 0. The first-order valence-corrected chi connectivity index (χ1v) is 7.23. The molecule has 1 heterocycles. The molecule has 1 aromatic rings. The van der Waals surface area contributed by atoms with Crippen molar-refractivity contribution < 1.29 is 13.6 Å². The van der Waals surface area contributed by atoms with Crippen LogP contribution >= 0.6 is 0 Å². The van der Waals surface area contributed by atoms with Crippen LogP contribution in [0, 0.1) is 11.6 Å². The zero-order valence-electron chi connectivity index (χ0n) is 12.4. The lowest BCUT2D eigenvalue weighted by Gasteiger charge is -2.34. The molecule has 0 aromatic heterocycles. The highest BCUT2D eigenvalue weighted by Gasteiger charge is 2.25. The zero-order chi connectivity index (χ0) is 15.4. The fraction of sp³-hybridized carbons (Fsp3) is 0.438. The van der Waals surface area contributed by atoms with Crippen molar-refractivity contribution in [2.75, 3.05) is 13.1 Å². The smallest absolute Gasteiger partial charge is 0.320 e. The van der Waals surface area contributed by atoms with Crippen molar-refractivity contribution in [1.82, 2.24) is 9.80 Å². The minimum absolute atomic E-state index is 0.112. The average Bonchev–Trinajstić information content (AvgIpc) is 2.42. The van der Waals surface area contributed by atoms with Crippen LogP contribution in [0.3, 0.4) is 0 Å². The molecule has 0 radical (unpaired) electrons. The first kappa shape index (κ1) is 15.5. The van der Waals surface area contributed by atoms with Gasteiger partial charge >= 0.3 is 6.03 Å². The van der Waals surface area contributed by atoms with Gasteiger partial charge in [0, 0.05) is 25.4 Å². The standard InChI is InChI=1S/C16H20F2N2O/c1-3-5-19-9-12(4-2)10-20(16(19)21)11-13-6-14(17)8-15(18)7-13/h6-8,10H,3-5,9,11H2,1-2H3. The molecule has 0 atom stereocenters. The predicted octanol–water partition coefficient (Wildman–Crippen LogP) is 3.91. The molecular weight excluding hydrogens is 274 g/mol. The molecule has 1 aromatic carbocycles. The molecule has 0 fully saturated rings. The molecule has 114 valence electrons. The van der Waals surface area contributed by atoms with Crippen LogP contribution in [-0.4, -0.2) is 28.9 Å². The van der Waals surface area contributed by atoms with E-state index < -0.39 is 11.6 Å². The zero-order valence-corrected chi connectivity index (χ0v) is 12.4. The van der Waals surface area contributed by atoms with E-state index in [9.17, 15) is 13.6 Å². The summed E-state index contributed by atoms with van der Waals surface area (Å²) in [5, 5.41) is 0. The first-order valence-electron chi connectivity index (χ1n) is 7.23. The molecule has 0 saturated heterocycles. The van der Waals surface area contributed by atoms with Crippen molar-refractivity contribution in [2.45, 2.75) is 33.2 Å².